The number of benzene rings is 1. The molecular formula is C9H5FN2. The molecule has 0 unspecified atom stereocenters. The summed E-state index contributed by atoms with van der Waals surface area (Å²) in [6, 6.07) is 6.00. The zero-order valence-corrected chi connectivity index (χ0v) is 6.43. The maximum Gasteiger partial charge on any atom is 0.141 e. The monoisotopic (exact) mass is 160 g/mol. The van der Waals surface area contributed by atoms with E-state index < -0.39 is 5.82 Å². The zero-order valence-electron chi connectivity index (χ0n) is 6.43. The summed E-state index contributed by atoms with van der Waals surface area (Å²) in [5.74, 6) is -0.575. The van der Waals surface area contributed by atoms with Crippen LogP contribution in [0.5, 0.6) is 0 Å². The maximum atomic E-state index is 12.8. The fraction of sp³-hybridized carbons (Fsp3) is 0.111. The van der Waals surface area contributed by atoms with Crippen LogP contribution in [0.25, 0.3) is 0 Å². The number of nitrogens with zero attached hydrogens (tertiary/aromatic N) is 2. The number of halogens is 1. The Hall–Kier alpha value is -1.87. The lowest BCUT2D eigenvalue weighted by Crippen LogP contribution is -1.89. The molecule has 0 heterocycles. The third-order valence-corrected chi connectivity index (χ3v) is 1.55. The van der Waals surface area contributed by atoms with E-state index in [1.54, 1.807) is 13.0 Å². The van der Waals surface area contributed by atoms with Crippen molar-refractivity contribution < 1.29 is 4.39 Å². The Labute approximate surface area is 69.5 Å². The fourth-order valence-corrected chi connectivity index (χ4v) is 0.879. The highest BCUT2D eigenvalue weighted by Gasteiger charge is 2.05. The quantitative estimate of drug-likeness (QED) is 0.581. The third kappa shape index (κ3) is 1.26. The minimum Gasteiger partial charge on any atom is -0.206 e. The molecule has 0 fully saturated rings. The summed E-state index contributed by atoms with van der Waals surface area (Å²) in [4.78, 5) is 0. The molecule has 0 aliphatic heterocycles. The molecule has 0 spiro atoms. The molecule has 1 aromatic rings. The van der Waals surface area contributed by atoms with Gasteiger partial charge in [-0.25, -0.2) is 4.39 Å². The second-order valence-electron chi connectivity index (χ2n) is 2.37. The summed E-state index contributed by atoms with van der Waals surface area (Å²) in [6.45, 7) is 1.63. The van der Waals surface area contributed by atoms with E-state index in [-0.39, 0.29) is 5.56 Å². The van der Waals surface area contributed by atoms with Crippen LogP contribution in [-0.2, 0) is 0 Å². The van der Waals surface area contributed by atoms with E-state index in [2.05, 4.69) is 0 Å². The molecule has 0 atom stereocenters. The predicted molar refractivity (Wildman–Crippen MR) is 40.6 cm³/mol. The van der Waals surface area contributed by atoms with Crippen molar-refractivity contribution in [2.45, 2.75) is 6.92 Å². The van der Waals surface area contributed by atoms with Crippen LogP contribution in [0.4, 0.5) is 4.39 Å². The fourth-order valence-electron chi connectivity index (χ4n) is 0.879. The smallest absolute Gasteiger partial charge is 0.141 e. The van der Waals surface area contributed by atoms with E-state index in [0.717, 1.165) is 0 Å². The van der Waals surface area contributed by atoms with Gasteiger partial charge in [-0.3, -0.25) is 0 Å². The van der Waals surface area contributed by atoms with Crippen LogP contribution in [0.15, 0.2) is 12.1 Å². The average Bonchev–Trinajstić information content (AvgIpc) is 2.05. The van der Waals surface area contributed by atoms with Crippen molar-refractivity contribution >= 4 is 0 Å². The minimum absolute atomic E-state index is 0.0860. The SMILES string of the molecule is Cc1cc(F)c(C#N)cc1C#N. The van der Waals surface area contributed by atoms with Gasteiger partial charge in [-0.2, -0.15) is 10.5 Å². The molecule has 58 valence electrons. The molecular weight excluding hydrogens is 155 g/mol. The van der Waals surface area contributed by atoms with Crippen molar-refractivity contribution in [1.82, 2.24) is 0 Å². The largest absolute Gasteiger partial charge is 0.206 e. The van der Waals surface area contributed by atoms with E-state index >= 15 is 0 Å². The van der Waals surface area contributed by atoms with Gasteiger partial charge in [-0.05, 0) is 24.6 Å². The number of rotatable bonds is 0. The first-order chi connectivity index (χ1) is 5.69. The van der Waals surface area contributed by atoms with Crippen molar-refractivity contribution in [3.8, 4) is 12.1 Å². The molecule has 1 aromatic carbocycles. The van der Waals surface area contributed by atoms with Crippen molar-refractivity contribution in [2.75, 3.05) is 0 Å². The molecule has 0 aromatic heterocycles. The van der Waals surface area contributed by atoms with Gasteiger partial charge in [0.15, 0.2) is 0 Å². The first-order valence-electron chi connectivity index (χ1n) is 3.29. The summed E-state index contributed by atoms with van der Waals surface area (Å²) >= 11 is 0. The summed E-state index contributed by atoms with van der Waals surface area (Å²) in [6.07, 6.45) is 0. The zero-order chi connectivity index (χ0) is 9.14. The van der Waals surface area contributed by atoms with Gasteiger partial charge in [0.05, 0.1) is 17.2 Å². The first-order valence-corrected chi connectivity index (χ1v) is 3.29. The molecule has 0 saturated heterocycles. The molecule has 0 saturated carbocycles. The van der Waals surface area contributed by atoms with E-state index in [1.165, 1.54) is 12.1 Å². The van der Waals surface area contributed by atoms with Crippen LogP contribution in [0.2, 0.25) is 0 Å². The number of hydrogen-bond donors (Lipinski definition) is 0. The normalized spacial score (nSPS) is 8.67. The van der Waals surface area contributed by atoms with E-state index in [4.69, 9.17) is 10.5 Å². The van der Waals surface area contributed by atoms with Crippen molar-refractivity contribution in [3.05, 3.63) is 34.6 Å². The Bertz CT molecular complexity index is 361. The number of nitriles is 2. The average molecular weight is 160 g/mol. The van der Waals surface area contributed by atoms with Crippen LogP contribution in [-0.4, -0.2) is 0 Å². The van der Waals surface area contributed by atoms with E-state index in [0.29, 0.717) is 11.1 Å². The number of hydrogen-bond acceptors (Lipinski definition) is 2. The molecule has 1 rings (SSSR count). The summed E-state index contributed by atoms with van der Waals surface area (Å²) in [7, 11) is 0. The molecule has 0 amide bonds. The van der Waals surface area contributed by atoms with Gasteiger partial charge >= 0.3 is 0 Å². The molecule has 0 bridgehead atoms. The van der Waals surface area contributed by atoms with Crippen LogP contribution in [0.1, 0.15) is 16.7 Å². The first kappa shape index (κ1) is 8.23. The molecule has 0 aliphatic carbocycles. The maximum absolute atomic E-state index is 12.8. The van der Waals surface area contributed by atoms with Gasteiger partial charge in [0.2, 0.25) is 0 Å². The minimum atomic E-state index is -0.575. The van der Waals surface area contributed by atoms with E-state index in [1.807, 2.05) is 6.07 Å². The lowest BCUT2D eigenvalue weighted by Gasteiger charge is -1.97. The Morgan fingerprint density at radius 1 is 1.17 bits per heavy atom. The van der Waals surface area contributed by atoms with Gasteiger partial charge < -0.3 is 0 Å². The van der Waals surface area contributed by atoms with Gasteiger partial charge in [0.1, 0.15) is 11.9 Å². The molecule has 0 aliphatic rings. The predicted octanol–water partition coefficient (Wildman–Crippen LogP) is 1.88. The third-order valence-electron chi connectivity index (χ3n) is 1.55. The van der Waals surface area contributed by atoms with Crippen molar-refractivity contribution in [1.29, 1.82) is 10.5 Å². The topological polar surface area (TPSA) is 47.6 Å². The second-order valence-corrected chi connectivity index (χ2v) is 2.37. The number of aryl methyl sites for hydroxylation is 1. The molecule has 2 nitrogen and oxygen atoms in total. The van der Waals surface area contributed by atoms with Crippen molar-refractivity contribution in [3.63, 3.8) is 0 Å². The van der Waals surface area contributed by atoms with Crippen molar-refractivity contribution in [2.24, 2.45) is 0 Å². The Morgan fingerprint density at radius 3 is 2.25 bits per heavy atom. The lowest BCUT2D eigenvalue weighted by molar-refractivity contribution is 0.622. The second kappa shape index (κ2) is 3.02. The Balaban J connectivity index is 3.42. The molecule has 3 heteroatoms. The van der Waals surface area contributed by atoms with Crippen LogP contribution in [0, 0.1) is 35.4 Å². The summed E-state index contributed by atoms with van der Waals surface area (Å²) in [5, 5.41) is 17.0. The van der Waals surface area contributed by atoms with Crippen LogP contribution >= 0.6 is 0 Å². The Kier molecular flexibility index (Phi) is 2.07. The van der Waals surface area contributed by atoms with E-state index in [9.17, 15) is 4.39 Å². The standard InChI is InChI=1S/C9H5FN2/c1-6-2-9(10)8(5-12)3-7(6)4-11/h2-3H,1H3. The summed E-state index contributed by atoms with van der Waals surface area (Å²) < 4.78 is 12.8. The highest BCUT2D eigenvalue weighted by molar-refractivity contribution is 5.44. The van der Waals surface area contributed by atoms with Gasteiger partial charge in [0, 0.05) is 0 Å². The van der Waals surface area contributed by atoms with Crippen LogP contribution < -0.4 is 0 Å². The molecule has 0 radical (unpaired) electrons. The highest BCUT2D eigenvalue weighted by atomic mass is 19.1. The van der Waals surface area contributed by atoms with Gasteiger partial charge in [-0.1, -0.05) is 0 Å². The van der Waals surface area contributed by atoms with Gasteiger partial charge in [0.25, 0.3) is 0 Å². The highest BCUT2D eigenvalue weighted by Crippen LogP contribution is 2.13. The lowest BCUT2D eigenvalue weighted by atomic mass is 10.1. The molecule has 12 heavy (non-hydrogen) atoms. The summed E-state index contributed by atoms with van der Waals surface area (Å²) in [5.41, 5.74) is 0.805. The molecule has 0 N–H and O–H groups in total. The van der Waals surface area contributed by atoms with Crippen LogP contribution in [0.3, 0.4) is 0 Å². The Morgan fingerprint density at radius 2 is 1.75 bits per heavy atom. The van der Waals surface area contributed by atoms with Gasteiger partial charge in [-0.15, -0.1) is 0 Å².